The molecule has 0 radical (unpaired) electrons. The first kappa shape index (κ1) is 22.7. The maximum atomic E-state index is 12.4. The number of fused-ring (bicyclic) bond motifs is 1. The van der Waals surface area contributed by atoms with Gasteiger partial charge in [0.05, 0.1) is 0 Å². The largest absolute Gasteiger partial charge is 0.148 e. The predicted molar refractivity (Wildman–Crippen MR) is 141 cm³/mol. The molecule has 174 valence electrons. The summed E-state index contributed by atoms with van der Waals surface area (Å²) in [4.78, 5) is 14.0. The van der Waals surface area contributed by atoms with E-state index in [1.807, 2.05) is 54.6 Å². The Morgan fingerprint density at radius 3 is 1.63 bits per heavy atom. The lowest BCUT2D eigenvalue weighted by Gasteiger charge is -2.32. The molecule has 1 heterocycles. The van der Waals surface area contributed by atoms with Crippen LogP contribution in [0.4, 0.5) is 5.69 Å². The number of benzene rings is 4. The molecule has 0 unspecified atom stereocenters. The maximum Gasteiger partial charge on any atom is 0.139 e. The van der Waals surface area contributed by atoms with Crippen molar-refractivity contribution in [3.05, 3.63) is 124 Å². The standard InChI is InChI=1S/C30H28N4O/c1-29(2,21-13-7-5-8-14-21)23-19-24(30(3,4)22-15-9-6-10-16-22)28(33-35)27(20-23)34-31-25-17-11-12-18-26(25)32-34/h5-20H,1-4H3. The maximum absolute atomic E-state index is 12.4. The Labute approximate surface area is 205 Å². The van der Waals surface area contributed by atoms with E-state index in [4.69, 9.17) is 10.2 Å². The van der Waals surface area contributed by atoms with E-state index in [9.17, 15) is 4.91 Å². The van der Waals surface area contributed by atoms with Crippen molar-refractivity contribution < 1.29 is 0 Å². The zero-order valence-corrected chi connectivity index (χ0v) is 20.4. The Bertz CT molecular complexity index is 1470. The van der Waals surface area contributed by atoms with Crippen LogP contribution in [0, 0.1) is 4.91 Å². The number of rotatable bonds is 6. The van der Waals surface area contributed by atoms with E-state index in [-0.39, 0.29) is 5.41 Å². The molecule has 0 amide bonds. The summed E-state index contributed by atoms with van der Waals surface area (Å²) in [5, 5.41) is 12.9. The van der Waals surface area contributed by atoms with Gasteiger partial charge in [-0.15, -0.1) is 19.9 Å². The van der Waals surface area contributed by atoms with E-state index < -0.39 is 5.41 Å². The molecule has 0 N–H and O–H groups in total. The zero-order chi connectivity index (χ0) is 24.6. The van der Waals surface area contributed by atoms with E-state index in [1.54, 1.807) is 4.80 Å². The molecule has 0 spiro atoms. The molecule has 5 rings (SSSR count). The van der Waals surface area contributed by atoms with Gasteiger partial charge in [-0.3, -0.25) is 0 Å². The second-order valence-corrected chi connectivity index (χ2v) is 9.94. The van der Waals surface area contributed by atoms with Crippen molar-refractivity contribution in [2.24, 2.45) is 5.18 Å². The lowest BCUT2D eigenvalue weighted by Crippen LogP contribution is -2.24. The van der Waals surface area contributed by atoms with E-state index >= 15 is 0 Å². The summed E-state index contributed by atoms with van der Waals surface area (Å²) in [6.45, 7) is 8.65. The smallest absolute Gasteiger partial charge is 0.139 e. The molecule has 0 aliphatic carbocycles. The molecule has 5 aromatic rings. The lowest BCUT2D eigenvalue weighted by molar-refractivity contribution is 0.614. The minimum atomic E-state index is -0.478. The molecule has 0 saturated carbocycles. The molecule has 0 aliphatic rings. The lowest BCUT2D eigenvalue weighted by atomic mass is 9.72. The first-order valence-corrected chi connectivity index (χ1v) is 11.8. The molecule has 5 heteroatoms. The first-order chi connectivity index (χ1) is 16.8. The fraction of sp³-hybridized carbons (Fsp3) is 0.200. The summed E-state index contributed by atoms with van der Waals surface area (Å²) in [5.41, 5.74) is 5.84. The third-order valence-corrected chi connectivity index (χ3v) is 7.07. The van der Waals surface area contributed by atoms with E-state index in [2.05, 4.69) is 75.3 Å². The average Bonchev–Trinajstić information content (AvgIpc) is 3.33. The Hall–Kier alpha value is -4.12. The molecule has 5 nitrogen and oxygen atoms in total. The number of hydrogen-bond donors (Lipinski definition) is 0. The SMILES string of the molecule is CC(C)(c1ccccc1)c1cc(-n2nc3ccccc3n2)c(N=O)c(C(C)(C)c2ccccc2)c1. The number of hydrogen-bond acceptors (Lipinski definition) is 4. The van der Waals surface area contributed by atoms with Crippen LogP contribution in [-0.2, 0) is 10.8 Å². The van der Waals surface area contributed by atoms with Crippen molar-refractivity contribution >= 4 is 16.7 Å². The molecular weight excluding hydrogens is 432 g/mol. The van der Waals surface area contributed by atoms with E-state index in [1.165, 1.54) is 5.56 Å². The molecule has 35 heavy (non-hydrogen) atoms. The monoisotopic (exact) mass is 460 g/mol. The van der Waals surface area contributed by atoms with Gasteiger partial charge in [0.25, 0.3) is 0 Å². The summed E-state index contributed by atoms with van der Waals surface area (Å²) >= 11 is 0. The summed E-state index contributed by atoms with van der Waals surface area (Å²) in [6.07, 6.45) is 0. The third kappa shape index (κ3) is 3.93. The molecule has 0 atom stereocenters. The van der Waals surface area contributed by atoms with Crippen LogP contribution >= 0.6 is 0 Å². The fourth-order valence-corrected chi connectivity index (χ4v) is 4.70. The van der Waals surface area contributed by atoms with Crippen molar-refractivity contribution in [1.29, 1.82) is 0 Å². The Balaban J connectivity index is 1.82. The van der Waals surface area contributed by atoms with Crippen LogP contribution in [0.5, 0.6) is 0 Å². The van der Waals surface area contributed by atoms with Crippen LogP contribution in [0.1, 0.15) is 49.9 Å². The van der Waals surface area contributed by atoms with E-state index in [0.717, 1.165) is 27.7 Å². The molecular formula is C30H28N4O. The predicted octanol–water partition coefficient (Wildman–Crippen LogP) is 7.47. The van der Waals surface area contributed by atoms with Crippen molar-refractivity contribution in [2.45, 2.75) is 38.5 Å². The number of aromatic nitrogens is 3. The number of nitroso groups, excluding NO2 is 1. The molecule has 0 saturated heterocycles. The molecule has 0 aliphatic heterocycles. The summed E-state index contributed by atoms with van der Waals surface area (Å²) in [5.74, 6) is 0. The third-order valence-electron chi connectivity index (χ3n) is 7.07. The highest BCUT2D eigenvalue weighted by Gasteiger charge is 2.33. The summed E-state index contributed by atoms with van der Waals surface area (Å²) in [7, 11) is 0. The molecule has 0 fully saturated rings. The van der Waals surface area contributed by atoms with Crippen molar-refractivity contribution in [2.75, 3.05) is 0 Å². The van der Waals surface area contributed by atoms with Gasteiger partial charge in [0.2, 0.25) is 0 Å². The van der Waals surface area contributed by atoms with Crippen molar-refractivity contribution in [1.82, 2.24) is 15.0 Å². The zero-order valence-electron chi connectivity index (χ0n) is 20.4. The van der Waals surface area contributed by atoms with Crippen molar-refractivity contribution in [3.63, 3.8) is 0 Å². The van der Waals surface area contributed by atoms with Crippen molar-refractivity contribution in [3.8, 4) is 5.69 Å². The highest BCUT2D eigenvalue weighted by Crippen LogP contribution is 2.44. The van der Waals surface area contributed by atoms with Gasteiger partial charge in [-0.05, 0) is 45.6 Å². The van der Waals surface area contributed by atoms with Gasteiger partial charge in [-0.2, -0.15) is 0 Å². The van der Waals surface area contributed by atoms with Gasteiger partial charge in [0.1, 0.15) is 22.4 Å². The van der Waals surface area contributed by atoms with Crippen LogP contribution < -0.4 is 0 Å². The van der Waals surface area contributed by atoms with Crippen LogP contribution in [0.15, 0.2) is 102 Å². The highest BCUT2D eigenvalue weighted by atomic mass is 16.3. The van der Waals surface area contributed by atoms with Gasteiger partial charge in [0, 0.05) is 10.8 Å². The normalized spacial score (nSPS) is 12.1. The van der Waals surface area contributed by atoms with Crippen LogP contribution in [0.25, 0.3) is 16.7 Å². The molecule has 0 bridgehead atoms. The Morgan fingerprint density at radius 1 is 0.629 bits per heavy atom. The summed E-state index contributed by atoms with van der Waals surface area (Å²) < 4.78 is 0. The second kappa shape index (κ2) is 8.58. The van der Waals surface area contributed by atoms with Gasteiger partial charge in [-0.1, -0.05) is 107 Å². The minimum Gasteiger partial charge on any atom is -0.148 e. The number of nitrogens with zero attached hydrogens (tertiary/aromatic N) is 4. The van der Waals surface area contributed by atoms with E-state index in [0.29, 0.717) is 11.4 Å². The quantitative estimate of drug-likeness (QED) is 0.247. The first-order valence-electron chi connectivity index (χ1n) is 11.8. The second-order valence-electron chi connectivity index (χ2n) is 9.94. The topological polar surface area (TPSA) is 60.1 Å². The fourth-order valence-electron chi connectivity index (χ4n) is 4.70. The van der Waals surface area contributed by atoms with Crippen LogP contribution in [0.3, 0.4) is 0 Å². The Kier molecular flexibility index (Phi) is 5.56. The Morgan fingerprint density at radius 2 is 1.11 bits per heavy atom. The van der Waals surface area contributed by atoms with Crippen LogP contribution in [0.2, 0.25) is 0 Å². The highest BCUT2D eigenvalue weighted by molar-refractivity contribution is 5.75. The molecule has 1 aromatic heterocycles. The van der Waals surface area contributed by atoms with Gasteiger partial charge in [0.15, 0.2) is 0 Å². The van der Waals surface area contributed by atoms with Gasteiger partial charge < -0.3 is 0 Å². The minimum absolute atomic E-state index is 0.328. The molecule has 4 aromatic carbocycles. The average molecular weight is 461 g/mol. The van der Waals surface area contributed by atoms with Crippen LogP contribution in [-0.4, -0.2) is 15.0 Å². The summed E-state index contributed by atoms with van der Waals surface area (Å²) in [6, 6.07) is 32.4. The van der Waals surface area contributed by atoms with Gasteiger partial charge in [-0.25, -0.2) is 0 Å². The van der Waals surface area contributed by atoms with Gasteiger partial charge >= 0.3 is 0 Å².